The predicted octanol–water partition coefficient (Wildman–Crippen LogP) is 11.8. The molecule has 0 aliphatic heterocycles. The van der Waals surface area contributed by atoms with E-state index in [1.807, 2.05) is 0 Å². The summed E-state index contributed by atoms with van der Waals surface area (Å²) < 4.78 is 51.9. The van der Waals surface area contributed by atoms with E-state index in [2.05, 4.69) is 37.5 Å². The molecule has 0 nitrogen and oxygen atoms in total. The molecule has 0 radical (unpaired) electrons. The zero-order valence-corrected chi connectivity index (χ0v) is 26.3. The van der Waals surface area contributed by atoms with Crippen LogP contribution in [0.3, 0.4) is 0 Å². The zero-order valence-electron chi connectivity index (χ0n) is 26.3. The second-order valence-electron chi connectivity index (χ2n) is 12.6. The van der Waals surface area contributed by atoms with Crippen LogP contribution in [0.5, 0.6) is 0 Å². The van der Waals surface area contributed by atoms with Crippen molar-refractivity contribution in [3.8, 4) is 23.7 Å². The fourth-order valence-electron chi connectivity index (χ4n) is 6.25. The van der Waals surface area contributed by atoms with Crippen LogP contribution >= 0.6 is 0 Å². The van der Waals surface area contributed by atoms with E-state index in [0.29, 0.717) is 23.0 Å². The molecule has 2 fully saturated rings. The molecule has 0 unspecified atom stereocenters. The predicted molar refractivity (Wildman–Crippen MR) is 170 cm³/mol. The number of unbranched alkanes of at least 4 members (excludes halogenated alkanes) is 5. The van der Waals surface area contributed by atoms with Crippen molar-refractivity contribution in [1.82, 2.24) is 0 Å². The minimum atomic E-state index is -0.818. The minimum Gasteiger partial charge on any atom is -0.204 e. The Balaban J connectivity index is 0.000000236. The first-order valence-electron chi connectivity index (χ1n) is 16.8. The first-order valence-corrected chi connectivity index (χ1v) is 16.8. The van der Waals surface area contributed by atoms with Gasteiger partial charge in [0.05, 0.1) is 0 Å². The Kier molecular flexibility index (Phi) is 15.8. The fraction of sp³-hybridized carbons (Fsp3) is 0.590. The van der Waals surface area contributed by atoms with E-state index in [0.717, 1.165) is 49.7 Å². The van der Waals surface area contributed by atoms with E-state index < -0.39 is 23.3 Å². The average molecular weight is 595 g/mol. The van der Waals surface area contributed by atoms with Gasteiger partial charge >= 0.3 is 0 Å². The highest BCUT2D eigenvalue weighted by atomic mass is 19.2. The molecular weight excluding hydrogens is 544 g/mol. The lowest BCUT2D eigenvalue weighted by Gasteiger charge is -2.25. The van der Waals surface area contributed by atoms with E-state index in [1.54, 1.807) is 12.1 Å². The molecular formula is C39H50F4. The van der Waals surface area contributed by atoms with E-state index in [9.17, 15) is 17.6 Å². The van der Waals surface area contributed by atoms with Crippen LogP contribution in [0, 0.1) is 70.6 Å². The number of hydrogen-bond donors (Lipinski definition) is 0. The molecule has 0 aromatic heterocycles. The second kappa shape index (κ2) is 19.5. The fourth-order valence-corrected chi connectivity index (χ4v) is 6.25. The molecule has 2 aromatic carbocycles. The lowest BCUT2D eigenvalue weighted by atomic mass is 9.80. The molecule has 0 saturated heterocycles. The van der Waals surface area contributed by atoms with Crippen molar-refractivity contribution in [1.29, 1.82) is 0 Å². The molecule has 0 bridgehead atoms. The van der Waals surface area contributed by atoms with Crippen molar-refractivity contribution in [2.75, 3.05) is 0 Å². The first-order chi connectivity index (χ1) is 20.9. The van der Waals surface area contributed by atoms with Gasteiger partial charge in [0, 0.05) is 23.0 Å². The maximum atomic E-state index is 13.1. The maximum absolute atomic E-state index is 13.1. The van der Waals surface area contributed by atoms with Gasteiger partial charge in [-0.15, -0.1) is 0 Å². The molecule has 4 heteroatoms. The smallest absolute Gasteiger partial charge is 0.160 e. The van der Waals surface area contributed by atoms with Crippen molar-refractivity contribution in [2.24, 2.45) is 23.7 Å². The third-order valence-electron chi connectivity index (χ3n) is 9.06. The largest absolute Gasteiger partial charge is 0.204 e. The molecule has 43 heavy (non-hydrogen) atoms. The Hall–Kier alpha value is -2.72. The van der Waals surface area contributed by atoms with Crippen LogP contribution in [0.15, 0.2) is 36.4 Å². The Morgan fingerprint density at radius 1 is 0.512 bits per heavy atom. The number of rotatable bonds is 9. The van der Waals surface area contributed by atoms with Crippen LogP contribution in [0.1, 0.15) is 134 Å². The van der Waals surface area contributed by atoms with Gasteiger partial charge in [0.25, 0.3) is 0 Å². The summed E-state index contributed by atoms with van der Waals surface area (Å²) in [6.07, 6.45) is 21.7. The van der Waals surface area contributed by atoms with Crippen LogP contribution < -0.4 is 0 Å². The van der Waals surface area contributed by atoms with Gasteiger partial charge < -0.3 is 0 Å². The summed E-state index contributed by atoms with van der Waals surface area (Å²) in [6, 6.07) is 7.74. The highest BCUT2D eigenvalue weighted by molar-refractivity contribution is 5.36. The van der Waals surface area contributed by atoms with Crippen LogP contribution in [0.4, 0.5) is 17.6 Å². The summed E-state index contributed by atoms with van der Waals surface area (Å²) in [5.74, 6) is 11.8. The minimum absolute atomic E-state index is 0.417. The summed E-state index contributed by atoms with van der Waals surface area (Å²) in [7, 11) is 0. The van der Waals surface area contributed by atoms with Crippen LogP contribution in [0.2, 0.25) is 0 Å². The summed E-state index contributed by atoms with van der Waals surface area (Å²) in [5, 5.41) is 0. The van der Waals surface area contributed by atoms with Crippen LogP contribution in [0.25, 0.3) is 0 Å². The van der Waals surface area contributed by atoms with Gasteiger partial charge in [-0.3, -0.25) is 0 Å². The maximum Gasteiger partial charge on any atom is 0.160 e. The summed E-state index contributed by atoms with van der Waals surface area (Å²) in [5.41, 5.74) is 1.14. The van der Waals surface area contributed by atoms with Gasteiger partial charge in [-0.1, -0.05) is 95.3 Å². The topological polar surface area (TPSA) is 0 Å². The number of halogens is 4. The number of hydrogen-bond acceptors (Lipinski definition) is 0. The van der Waals surface area contributed by atoms with Crippen LogP contribution in [-0.4, -0.2) is 0 Å². The van der Waals surface area contributed by atoms with Gasteiger partial charge in [-0.2, -0.15) is 0 Å². The molecule has 234 valence electrons. The molecule has 0 amide bonds. The summed E-state index contributed by atoms with van der Waals surface area (Å²) in [4.78, 5) is 0. The van der Waals surface area contributed by atoms with E-state index in [-0.39, 0.29) is 0 Å². The molecule has 0 N–H and O–H groups in total. The molecule has 2 aromatic rings. The van der Waals surface area contributed by atoms with Gasteiger partial charge in [-0.05, 0) is 99.6 Å². The average Bonchev–Trinajstić information content (AvgIpc) is 3.02. The molecule has 2 saturated carbocycles. The summed E-state index contributed by atoms with van der Waals surface area (Å²) >= 11 is 0. The molecule has 2 aliphatic rings. The standard InChI is InChI=1S/C20H26F2.C19H24F2/c1-2-3-4-5-6-16-7-9-17(10-8-16)11-12-18-13-14-19(21)20(22)15-18;1-2-3-4-5-15-6-8-16(9-7-15)10-11-17-12-13-18(20)19(21)14-17/h13-17H,2-10H2,1H3;12-16H,2-9H2,1H3/t16-,17-;15-,16-. The quantitative estimate of drug-likeness (QED) is 0.154. The lowest BCUT2D eigenvalue weighted by molar-refractivity contribution is 0.294. The third kappa shape index (κ3) is 13.2. The van der Waals surface area contributed by atoms with Crippen molar-refractivity contribution in [3.05, 3.63) is 70.8 Å². The van der Waals surface area contributed by atoms with E-state index in [4.69, 9.17) is 0 Å². The molecule has 0 spiro atoms. The van der Waals surface area contributed by atoms with Crippen molar-refractivity contribution >= 4 is 0 Å². The van der Waals surface area contributed by atoms with Gasteiger partial charge in [0.1, 0.15) is 0 Å². The van der Waals surface area contributed by atoms with Gasteiger partial charge in [0.15, 0.2) is 23.3 Å². The highest BCUT2D eigenvalue weighted by Crippen LogP contribution is 2.33. The van der Waals surface area contributed by atoms with Crippen LogP contribution in [-0.2, 0) is 0 Å². The Bertz CT molecular complexity index is 1210. The van der Waals surface area contributed by atoms with Crippen molar-refractivity contribution in [2.45, 2.75) is 123 Å². The highest BCUT2D eigenvalue weighted by Gasteiger charge is 2.20. The third-order valence-corrected chi connectivity index (χ3v) is 9.06. The van der Waals surface area contributed by atoms with Gasteiger partial charge in [0.2, 0.25) is 0 Å². The van der Waals surface area contributed by atoms with E-state index in [1.165, 1.54) is 95.6 Å². The monoisotopic (exact) mass is 594 g/mol. The number of benzene rings is 2. The lowest BCUT2D eigenvalue weighted by Crippen LogP contribution is -2.13. The Labute approximate surface area is 258 Å². The Morgan fingerprint density at radius 3 is 1.30 bits per heavy atom. The molecule has 4 rings (SSSR count). The second-order valence-corrected chi connectivity index (χ2v) is 12.6. The van der Waals surface area contributed by atoms with Crippen molar-refractivity contribution < 1.29 is 17.6 Å². The molecule has 2 aliphatic carbocycles. The summed E-state index contributed by atoms with van der Waals surface area (Å²) in [6.45, 7) is 4.49. The first kappa shape index (κ1) is 34.8. The zero-order chi connectivity index (χ0) is 30.9. The normalized spacial score (nSPS) is 21.4. The SMILES string of the molecule is CCCCCC[C@H]1CC[C@H](C#Cc2ccc(F)c(F)c2)CC1.CCCCC[C@H]1CC[C@H](C#Cc2ccc(F)c(F)c2)CC1. The van der Waals surface area contributed by atoms with E-state index >= 15 is 0 Å². The molecule has 0 atom stereocenters. The van der Waals surface area contributed by atoms with Gasteiger partial charge in [-0.25, -0.2) is 17.6 Å². The Morgan fingerprint density at radius 2 is 0.907 bits per heavy atom. The van der Waals surface area contributed by atoms with Crippen molar-refractivity contribution in [3.63, 3.8) is 0 Å². The molecule has 0 heterocycles.